The van der Waals surface area contributed by atoms with Gasteiger partial charge < -0.3 is 15.7 Å². The molecule has 31 heavy (non-hydrogen) atoms. The Hall–Kier alpha value is -3.66. The van der Waals surface area contributed by atoms with Crippen LogP contribution in [0.3, 0.4) is 0 Å². The fraction of sp³-hybridized carbons (Fsp3) is 0.0476. The van der Waals surface area contributed by atoms with Crippen molar-refractivity contribution in [3.63, 3.8) is 0 Å². The van der Waals surface area contributed by atoms with Gasteiger partial charge in [0.15, 0.2) is 0 Å². The highest BCUT2D eigenvalue weighted by atomic mass is 19.4. The summed E-state index contributed by atoms with van der Waals surface area (Å²) < 4.78 is 52.9. The molecular formula is C21H14BF4N3O2. The SMILES string of the molecule is O=C(Nc1ccc2c(c1)B(O)NN=C2c1ccccc1)c1ccc(F)cc1C(F)(F)F. The summed E-state index contributed by atoms with van der Waals surface area (Å²) in [5.74, 6) is -2.15. The predicted molar refractivity (Wildman–Crippen MR) is 109 cm³/mol. The molecule has 0 spiro atoms. The monoisotopic (exact) mass is 427 g/mol. The zero-order chi connectivity index (χ0) is 22.2. The van der Waals surface area contributed by atoms with Crippen molar-refractivity contribution in [1.82, 2.24) is 5.34 Å². The number of hydrogen-bond acceptors (Lipinski definition) is 4. The third kappa shape index (κ3) is 4.15. The first-order chi connectivity index (χ1) is 14.7. The van der Waals surface area contributed by atoms with E-state index in [9.17, 15) is 27.4 Å². The predicted octanol–water partition coefficient (Wildman–Crippen LogP) is 3.14. The van der Waals surface area contributed by atoms with Crippen LogP contribution in [-0.4, -0.2) is 23.7 Å². The first kappa shape index (κ1) is 20.6. The van der Waals surface area contributed by atoms with E-state index in [1.165, 1.54) is 12.1 Å². The van der Waals surface area contributed by atoms with Gasteiger partial charge in [-0.05, 0) is 35.8 Å². The van der Waals surface area contributed by atoms with Gasteiger partial charge >= 0.3 is 13.2 Å². The Labute approximate surface area is 174 Å². The van der Waals surface area contributed by atoms with Crippen molar-refractivity contribution in [3.05, 3.63) is 94.8 Å². The Morgan fingerprint density at radius 1 is 1.03 bits per heavy atom. The third-order valence-corrected chi connectivity index (χ3v) is 4.74. The number of hydrazone groups is 1. The fourth-order valence-corrected chi connectivity index (χ4v) is 3.30. The number of carbonyl (C=O) groups excluding carboxylic acids is 1. The maximum atomic E-state index is 13.3. The number of alkyl halides is 3. The number of fused-ring (bicyclic) bond motifs is 1. The summed E-state index contributed by atoms with van der Waals surface area (Å²) >= 11 is 0. The molecule has 0 bridgehead atoms. The second-order valence-corrected chi connectivity index (χ2v) is 6.80. The average molecular weight is 427 g/mol. The second kappa shape index (κ2) is 7.88. The van der Waals surface area contributed by atoms with Gasteiger partial charge in [-0.3, -0.25) is 4.79 Å². The lowest BCUT2D eigenvalue weighted by Gasteiger charge is -2.21. The molecule has 0 atom stereocenters. The van der Waals surface area contributed by atoms with Gasteiger partial charge in [0, 0.05) is 16.8 Å². The van der Waals surface area contributed by atoms with E-state index >= 15 is 0 Å². The Morgan fingerprint density at radius 2 is 1.77 bits per heavy atom. The molecule has 0 aromatic heterocycles. The van der Waals surface area contributed by atoms with Gasteiger partial charge in [0.2, 0.25) is 0 Å². The molecule has 3 N–H and O–H groups in total. The van der Waals surface area contributed by atoms with Crippen LogP contribution in [-0.2, 0) is 6.18 Å². The van der Waals surface area contributed by atoms with Crippen LogP contribution in [0.2, 0.25) is 0 Å². The van der Waals surface area contributed by atoms with Crippen LogP contribution in [0.4, 0.5) is 23.2 Å². The molecule has 0 saturated heterocycles. The van der Waals surface area contributed by atoms with Crippen LogP contribution >= 0.6 is 0 Å². The summed E-state index contributed by atoms with van der Waals surface area (Å²) in [5.41, 5.74) is 0.434. The zero-order valence-corrected chi connectivity index (χ0v) is 15.7. The zero-order valence-electron chi connectivity index (χ0n) is 15.7. The first-order valence-electron chi connectivity index (χ1n) is 9.13. The van der Waals surface area contributed by atoms with Crippen LogP contribution in [0.15, 0.2) is 71.8 Å². The van der Waals surface area contributed by atoms with Gasteiger partial charge in [-0.15, -0.1) is 0 Å². The Kier molecular flexibility index (Phi) is 5.24. The van der Waals surface area contributed by atoms with E-state index in [4.69, 9.17) is 0 Å². The summed E-state index contributed by atoms with van der Waals surface area (Å²) in [5, 5.41) is 19.4. The van der Waals surface area contributed by atoms with Gasteiger partial charge in [0.1, 0.15) is 5.82 Å². The van der Waals surface area contributed by atoms with Crippen molar-refractivity contribution in [1.29, 1.82) is 0 Å². The molecule has 0 aliphatic carbocycles. The molecule has 0 fully saturated rings. The normalized spacial score (nSPS) is 13.2. The van der Waals surface area contributed by atoms with E-state index in [0.717, 1.165) is 17.7 Å². The van der Waals surface area contributed by atoms with Crippen LogP contribution in [0.1, 0.15) is 27.0 Å². The summed E-state index contributed by atoms with van der Waals surface area (Å²) in [6.07, 6.45) is -4.90. The number of hydrogen-bond donors (Lipinski definition) is 3. The van der Waals surface area contributed by atoms with Crippen molar-refractivity contribution in [2.24, 2.45) is 5.10 Å². The smallest absolute Gasteiger partial charge is 0.428 e. The van der Waals surface area contributed by atoms with E-state index in [1.807, 2.05) is 30.3 Å². The highest BCUT2D eigenvalue weighted by molar-refractivity contribution is 6.66. The molecule has 0 saturated carbocycles. The number of anilines is 1. The average Bonchev–Trinajstić information content (AvgIpc) is 2.74. The van der Waals surface area contributed by atoms with Gasteiger partial charge in [0.25, 0.3) is 5.91 Å². The Bertz CT molecular complexity index is 1180. The summed E-state index contributed by atoms with van der Waals surface area (Å²) in [7, 11) is -1.17. The number of nitrogens with one attached hydrogen (secondary N) is 2. The summed E-state index contributed by atoms with van der Waals surface area (Å²) in [6.45, 7) is 0. The van der Waals surface area contributed by atoms with Crippen molar-refractivity contribution in [3.8, 4) is 0 Å². The number of amides is 1. The highest BCUT2D eigenvalue weighted by Gasteiger charge is 2.36. The number of halogens is 4. The molecular weight excluding hydrogens is 413 g/mol. The minimum Gasteiger partial charge on any atom is -0.428 e. The van der Waals surface area contributed by atoms with Crippen molar-refractivity contribution in [2.45, 2.75) is 6.18 Å². The van der Waals surface area contributed by atoms with E-state index in [0.29, 0.717) is 16.7 Å². The van der Waals surface area contributed by atoms with E-state index < -0.39 is 36.1 Å². The lowest BCUT2D eigenvalue weighted by atomic mass is 9.70. The van der Waals surface area contributed by atoms with Gasteiger partial charge in [0.05, 0.1) is 16.8 Å². The molecule has 4 rings (SSSR count). The molecule has 0 unspecified atom stereocenters. The van der Waals surface area contributed by atoms with Gasteiger partial charge in [-0.2, -0.15) is 18.3 Å². The van der Waals surface area contributed by atoms with Crippen LogP contribution in [0.5, 0.6) is 0 Å². The molecule has 0 radical (unpaired) electrons. The molecule has 1 heterocycles. The molecule has 1 amide bonds. The minimum absolute atomic E-state index is 0.163. The van der Waals surface area contributed by atoms with Gasteiger partial charge in [-0.25, -0.2) is 4.39 Å². The Morgan fingerprint density at radius 3 is 2.48 bits per heavy atom. The van der Waals surface area contributed by atoms with Crippen LogP contribution < -0.4 is 16.1 Å². The summed E-state index contributed by atoms with van der Waals surface area (Å²) in [4.78, 5) is 12.5. The van der Waals surface area contributed by atoms with Crippen molar-refractivity contribution in [2.75, 3.05) is 5.32 Å². The maximum Gasteiger partial charge on any atom is 0.464 e. The number of benzene rings is 3. The molecule has 1 aliphatic rings. The summed E-state index contributed by atoms with van der Waals surface area (Å²) in [6, 6.07) is 15.6. The quantitative estimate of drug-likeness (QED) is 0.444. The Balaban J connectivity index is 1.66. The number of rotatable bonds is 3. The maximum absolute atomic E-state index is 13.3. The van der Waals surface area contributed by atoms with Crippen LogP contribution in [0, 0.1) is 5.82 Å². The number of carbonyl (C=O) groups is 1. The standard InChI is InChI=1S/C21H14BF4N3O2/c23-13-6-8-15(17(10-13)21(24,25)26)20(30)27-14-7-9-16-18(11-14)22(31)29-28-19(16)12-4-2-1-3-5-12/h1-11,29,31H,(H,27,30). The highest BCUT2D eigenvalue weighted by Crippen LogP contribution is 2.33. The van der Waals surface area contributed by atoms with E-state index in [1.54, 1.807) is 6.07 Å². The van der Waals surface area contributed by atoms with Crippen LogP contribution in [0.25, 0.3) is 0 Å². The third-order valence-electron chi connectivity index (χ3n) is 4.74. The lowest BCUT2D eigenvalue weighted by molar-refractivity contribution is -0.138. The largest absolute Gasteiger partial charge is 0.464 e. The molecule has 3 aromatic carbocycles. The molecule has 5 nitrogen and oxygen atoms in total. The van der Waals surface area contributed by atoms with Crippen molar-refractivity contribution < 1.29 is 27.4 Å². The topological polar surface area (TPSA) is 73.7 Å². The van der Waals surface area contributed by atoms with E-state index in [-0.39, 0.29) is 11.8 Å². The molecule has 156 valence electrons. The fourth-order valence-electron chi connectivity index (χ4n) is 3.30. The number of nitrogens with zero attached hydrogens (tertiary/aromatic N) is 1. The van der Waals surface area contributed by atoms with Crippen molar-refractivity contribution >= 4 is 29.8 Å². The molecule has 1 aliphatic heterocycles. The van der Waals surface area contributed by atoms with E-state index in [2.05, 4.69) is 15.8 Å². The lowest BCUT2D eigenvalue weighted by Crippen LogP contribution is -2.49. The molecule has 3 aromatic rings. The second-order valence-electron chi connectivity index (χ2n) is 6.80. The first-order valence-corrected chi connectivity index (χ1v) is 9.13. The minimum atomic E-state index is -4.90. The molecule has 10 heteroatoms. The van der Waals surface area contributed by atoms with Gasteiger partial charge in [-0.1, -0.05) is 36.4 Å².